The highest BCUT2D eigenvalue weighted by Crippen LogP contribution is 2.19. The van der Waals surface area contributed by atoms with Crippen molar-refractivity contribution in [2.75, 3.05) is 13.1 Å². The molecule has 6 heteroatoms. The van der Waals surface area contributed by atoms with Gasteiger partial charge in [0.25, 0.3) is 11.5 Å². The van der Waals surface area contributed by atoms with Crippen LogP contribution in [-0.2, 0) is 0 Å². The number of benzene rings is 2. The number of nitrogens with one attached hydrogen (secondary N) is 1. The van der Waals surface area contributed by atoms with Gasteiger partial charge < -0.3 is 9.88 Å². The van der Waals surface area contributed by atoms with Crippen molar-refractivity contribution >= 4 is 29.0 Å². The number of fused-ring (bicyclic) bond motifs is 1. The zero-order chi connectivity index (χ0) is 19.1. The molecule has 1 aromatic heterocycles. The summed E-state index contributed by atoms with van der Waals surface area (Å²) in [6, 6.07) is 11.0. The Morgan fingerprint density at radius 3 is 2.59 bits per heavy atom. The van der Waals surface area contributed by atoms with E-state index in [1.807, 2.05) is 36.9 Å². The van der Waals surface area contributed by atoms with Crippen LogP contribution < -0.4 is 5.56 Å². The maximum atomic E-state index is 13.1. The molecule has 3 aromatic rings. The van der Waals surface area contributed by atoms with Crippen molar-refractivity contribution in [2.24, 2.45) is 0 Å². The van der Waals surface area contributed by atoms with Gasteiger partial charge in [0.05, 0.1) is 16.6 Å². The van der Waals surface area contributed by atoms with Crippen LogP contribution in [0.2, 0.25) is 0 Å². The smallest absolute Gasteiger partial charge is 0.266 e. The first-order valence-corrected chi connectivity index (χ1v) is 9.53. The van der Waals surface area contributed by atoms with Crippen molar-refractivity contribution in [3.8, 4) is 5.69 Å². The van der Waals surface area contributed by atoms with Crippen molar-refractivity contribution < 1.29 is 4.79 Å². The summed E-state index contributed by atoms with van der Waals surface area (Å²) in [6.07, 6.45) is 2.09. The molecule has 4 rings (SSSR count). The number of likely N-dealkylation sites (tertiary alicyclic amines) is 1. The van der Waals surface area contributed by atoms with Gasteiger partial charge in [-0.1, -0.05) is 12.1 Å². The van der Waals surface area contributed by atoms with Crippen molar-refractivity contribution in [1.29, 1.82) is 0 Å². The van der Waals surface area contributed by atoms with E-state index in [0.29, 0.717) is 21.2 Å². The standard InChI is InChI=1S/C21H21N3O2S/c1-13-6-5-7-18(14(13)2)24-20(26)16-9-8-15(12-17(16)22-21(24)27)19(25)23-10-3-4-11-23/h5-9,12H,3-4,10-11H2,1-2H3,(H,22,27). The molecule has 138 valence electrons. The van der Waals surface area contributed by atoms with Crippen molar-refractivity contribution in [3.05, 3.63) is 68.2 Å². The summed E-state index contributed by atoms with van der Waals surface area (Å²) in [5.74, 6) is 0.00688. The van der Waals surface area contributed by atoms with E-state index in [1.54, 1.807) is 18.2 Å². The lowest BCUT2D eigenvalue weighted by Gasteiger charge is -2.16. The summed E-state index contributed by atoms with van der Waals surface area (Å²) in [4.78, 5) is 30.8. The molecule has 5 nitrogen and oxygen atoms in total. The normalized spacial score (nSPS) is 14.1. The molecule has 0 unspecified atom stereocenters. The number of carbonyl (C=O) groups excluding carboxylic acids is 1. The zero-order valence-electron chi connectivity index (χ0n) is 15.4. The second-order valence-corrected chi connectivity index (χ2v) is 7.44. The largest absolute Gasteiger partial charge is 0.339 e. The van der Waals surface area contributed by atoms with Crippen LogP contribution >= 0.6 is 12.2 Å². The zero-order valence-corrected chi connectivity index (χ0v) is 16.2. The summed E-state index contributed by atoms with van der Waals surface area (Å²) in [6.45, 7) is 5.57. The lowest BCUT2D eigenvalue weighted by molar-refractivity contribution is 0.0793. The van der Waals surface area contributed by atoms with Gasteiger partial charge in [-0.25, -0.2) is 0 Å². The lowest BCUT2D eigenvalue weighted by Crippen LogP contribution is -2.28. The molecular formula is C21H21N3O2S. The highest BCUT2D eigenvalue weighted by atomic mass is 32.1. The highest BCUT2D eigenvalue weighted by Gasteiger charge is 2.20. The van der Waals surface area contributed by atoms with Crippen LogP contribution in [0.1, 0.15) is 34.3 Å². The number of amides is 1. The Morgan fingerprint density at radius 2 is 1.85 bits per heavy atom. The molecule has 0 aliphatic carbocycles. The second kappa shape index (κ2) is 6.78. The summed E-state index contributed by atoms with van der Waals surface area (Å²) in [5.41, 5.74) is 3.89. The first-order chi connectivity index (χ1) is 13.0. The van der Waals surface area contributed by atoms with Crippen LogP contribution in [0.15, 0.2) is 41.2 Å². The van der Waals surface area contributed by atoms with Crippen LogP contribution in [-0.4, -0.2) is 33.4 Å². The summed E-state index contributed by atoms with van der Waals surface area (Å²) >= 11 is 5.48. The molecule has 1 amide bonds. The first kappa shape index (κ1) is 17.7. The van der Waals surface area contributed by atoms with Gasteiger partial charge in [-0.3, -0.25) is 14.2 Å². The maximum absolute atomic E-state index is 13.1. The van der Waals surface area contributed by atoms with Gasteiger partial charge >= 0.3 is 0 Å². The minimum Gasteiger partial charge on any atom is -0.339 e. The number of aromatic nitrogens is 2. The van der Waals surface area contributed by atoms with Gasteiger partial charge in [0.15, 0.2) is 4.77 Å². The molecule has 0 bridgehead atoms. The predicted octanol–water partition coefficient (Wildman–Crippen LogP) is 3.90. The van der Waals surface area contributed by atoms with Gasteiger partial charge in [0, 0.05) is 18.7 Å². The second-order valence-electron chi connectivity index (χ2n) is 7.05. The number of aromatic amines is 1. The van der Waals surface area contributed by atoms with Gasteiger partial charge in [-0.2, -0.15) is 0 Å². The Morgan fingerprint density at radius 1 is 1.11 bits per heavy atom. The van der Waals surface area contributed by atoms with Gasteiger partial charge in [0.1, 0.15) is 0 Å². The van der Waals surface area contributed by atoms with E-state index in [2.05, 4.69) is 4.98 Å². The summed E-state index contributed by atoms with van der Waals surface area (Å²) < 4.78 is 1.86. The van der Waals surface area contributed by atoms with Crippen LogP contribution in [0, 0.1) is 18.6 Å². The van der Waals surface area contributed by atoms with E-state index in [9.17, 15) is 9.59 Å². The molecule has 2 heterocycles. The molecule has 0 atom stereocenters. The third-order valence-electron chi connectivity index (χ3n) is 5.35. The van der Waals surface area contributed by atoms with Gasteiger partial charge in [-0.15, -0.1) is 0 Å². The third-order valence-corrected chi connectivity index (χ3v) is 5.64. The van der Waals surface area contributed by atoms with Crippen LogP contribution in [0.5, 0.6) is 0 Å². The Labute approximate surface area is 162 Å². The van der Waals surface area contributed by atoms with E-state index in [-0.39, 0.29) is 11.5 Å². The highest BCUT2D eigenvalue weighted by molar-refractivity contribution is 7.71. The van der Waals surface area contributed by atoms with Crippen LogP contribution in [0.4, 0.5) is 0 Å². The number of H-pyrrole nitrogens is 1. The average molecular weight is 379 g/mol. The van der Waals surface area contributed by atoms with Crippen molar-refractivity contribution in [2.45, 2.75) is 26.7 Å². The number of rotatable bonds is 2. The molecule has 1 fully saturated rings. The van der Waals surface area contributed by atoms with Crippen molar-refractivity contribution in [3.63, 3.8) is 0 Å². The SMILES string of the molecule is Cc1cccc(-n2c(=S)[nH]c3cc(C(=O)N4CCCC4)ccc3c2=O)c1C. The molecule has 0 saturated carbocycles. The Hall–Kier alpha value is -2.73. The minimum atomic E-state index is -0.178. The summed E-state index contributed by atoms with van der Waals surface area (Å²) in [7, 11) is 0. The number of hydrogen-bond donors (Lipinski definition) is 1. The van der Waals surface area contributed by atoms with E-state index >= 15 is 0 Å². The monoisotopic (exact) mass is 379 g/mol. The average Bonchev–Trinajstić information content (AvgIpc) is 3.18. The lowest BCUT2D eigenvalue weighted by atomic mass is 10.1. The fourth-order valence-electron chi connectivity index (χ4n) is 3.65. The molecule has 27 heavy (non-hydrogen) atoms. The molecule has 1 aliphatic heterocycles. The molecular weight excluding hydrogens is 358 g/mol. The first-order valence-electron chi connectivity index (χ1n) is 9.12. The summed E-state index contributed by atoms with van der Waals surface area (Å²) in [5, 5.41) is 0.516. The van der Waals surface area contributed by atoms with Gasteiger partial charge in [-0.05, 0) is 74.3 Å². The molecule has 1 aliphatic rings. The number of nitrogens with zero attached hydrogens (tertiary/aromatic N) is 2. The fraction of sp³-hybridized carbons (Fsp3) is 0.286. The Bertz CT molecular complexity index is 1170. The third kappa shape index (κ3) is 3.00. The van der Waals surface area contributed by atoms with Crippen molar-refractivity contribution in [1.82, 2.24) is 14.5 Å². The molecule has 0 spiro atoms. The maximum Gasteiger partial charge on any atom is 0.266 e. The predicted molar refractivity (Wildman–Crippen MR) is 109 cm³/mol. The molecule has 1 saturated heterocycles. The quantitative estimate of drug-likeness (QED) is 0.687. The minimum absolute atomic E-state index is 0.00688. The Kier molecular flexibility index (Phi) is 4.44. The van der Waals surface area contributed by atoms with Gasteiger partial charge in [0.2, 0.25) is 0 Å². The van der Waals surface area contributed by atoms with E-state index in [4.69, 9.17) is 12.2 Å². The van der Waals surface area contributed by atoms with E-state index < -0.39 is 0 Å². The fourth-order valence-corrected chi connectivity index (χ4v) is 3.94. The number of aryl methyl sites for hydroxylation is 1. The van der Waals surface area contributed by atoms with E-state index in [1.165, 1.54) is 4.57 Å². The number of hydrogen-bond acceptors (Lipinski definition) is 3. The topological polar surface area (TPSA) is 58.1 Å². The molecule has 2 aromatic carbocycles. The molecule has 0 radical (unpaired) electrons. The van der Waals surface area contributed by atoms with Crippen LogP contribution in [0.3, 0.4) is 0 Å². The Balaban J connectivity index is 1.87. The van der Waals surface area contributed by atoms with Crippen LogP contribution in [0.25, 0.3) is 16.6 Å². The molecule has 1 N–H and O–H groups in total. The van der Waals surface area contributed by atoms with E-state index in [0.717, 1.165) is 42.7 Å². The number of carbonyl (C=O) groups is 1.